The molecule has 2 nitrogen and oxygen atoms in total. The van der Waals surface area contributed by atoms with Gasteiger partial charge >= 0.3 is 0 Å². The first-order valence-electron chi connectivity index (χ1n) is 4.46. The van der Waals surface area contributed by atoms with Crippen LogP contribution in [-0.2, 0) is 6.42 Å². The summed E-state index contributed by atoms with van der Waals surface area (Å²) < 4.78 is 0. The molecule has 1 atom stereocenters. The van der Waals surface area contributed by atoms with Gasteiger partial charge in [0.15, 0.2) is 0 Å². The monoisotopic (exact) mass is 175 g/mol. The minimum Gasteiger partial charge on any atom is -0.508 e. The van der Waals surface area contributed by atoms with Crippen LogP contribution in [0.1, 0.15) is 18.1 Å². The Labute approximate surface area is 77.7 Å². The SMILES string of the molecule is CC1C=C(O)c2cc(N)ccc2C1. The van der Waals surface area contributed by atoms with E-state index >= 15 is 0 Å². The van der Waals surface area contributed by atoms with E-state index in [9.17, 15) is 5.11 Å². The van der Waals surface area contributed by atoms with E-state index < -0.39 is 0 Å². The second-order valence-electron chi connectivity index (χ2n) is 3.65. The molecule has 0 aromatic heterocycles. The van der Waals surface area contributed by atoms with Gasteiger partial charge in [0.1, 0.15) is 5.76 Å². The standard InChI is InChI=1S/C11H13NO/c1-7-4-8-2-3-9(12)6-10(8)11(13)5-7/h2-3,5-7,13H,4,12H2,1H3. The van der Waals surface area contributed by atoms with E-state index in [0.717, 1.165) is 12.0 Å². The summed E-state index contributed by atoms with van der Waals surface area (Å²) in [7, 11) is 0. The lowest BCUT2D eigenvalue weighted by Crippen LogP contribution is -2.07. The highest BCUT2D eigenvalue weighted by atomic mass is 16.3. The fourth-order valence-corrected chi connectivity index (χ4v) is 1.78. The zero-order valence-corrected chi connectivity index (χ0v) is 7.62. The number of benzene rings is 1. The van der Waals surface area contributed by atoms with Gasteiger partial charge in [-0.3, -0.25) is 0 Å². The minimum absolute atomic E-state index is 0.362. The smallest absolute Gasteiger partial charge is 0.119 e. The molecule has 2 heteroatoms. The lowest BCUT2D eigenvalue weighted by Gasteiger charge is -2.18. The number of allylic oxidation sites excluding steroid dienone is 1. The predicted molar refractivity (Wildman–Crippen MR) is 54.3 cm³/mol. The van der Waals surface area contributed by atoms with Crippen molar-refractivity contribution in [1.82, 2.24) is 0 Å². The predicted octanol–water partition coefficient (Wildman–Crippen LogP) is 2.36. The highest BCUT2D eigenvalue weighted by molar-refractivity contribution is 5.67. The molecular weight excluding hydrogens is 162 g/mol. The largest absolute Gasteiger partial charge is 0.508 e. The van der Waals surface area contributed by atoms with Gasteiger partial charge in [-0.25, -0.2) is 0 Å². The molecular formula is C11H13NO. The Morgan fingerprint density at radius 3 is 3.00 bits per heavy atom. The van der Waals surface area contributed by atoms with Crippen molar-refractivity contribution in [3.05, 3.63) is 35.4 Å². The molecule has 0 fully saturated rings. The van der Waals surface area contributed by atoms with Gasteiger partial charge in [0.2, 0.25) is 0 Å². The van der Waals surface area contributed by atoms with Crippen molar-refractivity contribution < 1.29 is 5.11 Å². The normalized spacial score (nSPS) is 20.7. The Hall–Kier alpha value is -1.44. The molecule has 1 aliphatic carbocycles. The first-order valence-corrected chi connectivity index (χ1v) is 4.46. The van der Waals surface area contributed by atoms with Crippen LogP contribution in [0.2, 0.25) is 0 Å². The molecule has 2 rings (SSSR count). The van der Waals surface area contributed by atoms with E-state index in [4.69, 9.17) is 5.73 Å². The van der Waals surface area contributed by atoms with Crippen LogP contribution < -0.4 is 5.73 Å². The maximum absolute atomic E-state index is 9.66. The average molecular weight is 175 g/mol. The van der Waals surface area contributed by atoms with E-state index in [1.54, 1.807) is 0 Å². The third kappa shape index (κ3) is 1.39. The lowest BCUT2D eigenvalue weighted by molar-refractivity contribution is 0.495. The van der Waals surface area contributed by atoms with E-state index in [1.165, 1.54) is 5.56 Å². The molecule has 1 aromatic carbocycles. The molecule has 0 heterocycles. The lowest BCUT2D eigenvalue weighted by atomic mass is 9.89. The summed E-state index contributed by atoms with van der Waals surface area (Å²) in [4.78, 5) is 0. The highest BCUT2D eigenvalue weighted by Gasteiger charge is 2.15. The fraction of sp³-hybridized carbons (Fsp3) is 0.273. The molecule has 0 saturated heterocycles. The Balaban J connectivity index is 2.54. The van der Waals surface area contributed by atoms with Crippen molar-refractivity contribution >= 4 is 11.4 Å². The number of fused-ring (bicyclic) bond motifs is 1. The number of rotatable bonds is 0. The number of anilines is 1. The third-order valence-corrected chi connectivity index (χ3v) is 2.39. The summed E-state index contributed by atoms with van der Waals surface area (Å²) in [5, 5.41) is 9.66. The Bertz CT molecular complexity index is 368. The Morgan fingerprint density at radius 2 is 2.23 bits per heavy atom. The molecule has 1 aromatic rings. The summed E-state index contributed by atoms with van der Waals surface area (Å²) in [6, 6.07) is 5.70. The third-order valence-electron chi connectivity index (χ3n) is 2.39. The van der Waals surface area contributed by atoms with Crippen molar-refractivity contribution in [2.45, 2.75) is 13.3 Å². The zero-order valence-electron chi connectivity index (χ0n) is 7.62. The van der Waals surface area contributed by atoms with Crippen LogP contribution in [-0.4, -0.2) is 5.11 Å². The van der Waals surface area contributed by atoms with E-state index in [2.05, 4.69) is 6.92 Å². The maximum Gasteiger partial charge on any atom is 0.119 e. The van der Waals surface area contributed by atoms with Crippen LogP contribution in [0.5, 0.6) is 0 Å². The number of aliphatic hydroxyl groups excluding tert-OH is 1. The van der Waals surface area contributed by atoms with E-state index in [1.807, 2.05) is 24.3 Å². The fourth-order valence-electron chi connectivity index (χ4n) is 1.78. The van der Waals surface area contributed by atoms with Crippen molar-refractivity contribution in [2.24, 2.45) is 5.92 Å². The van der Waals surface area contributed by atoms with Crippen LogP contribution in [0.25, 0.3) is 5.76 Å². The van der Waals surface area contributed by atoms with Gasteiger partial charge in [-0.2, -0.15) is 0 Å². The van der Waals surface area contributed by atoms with Gasteiger partial charge in [0, 0.05) is 11.3 Å². The first kappa shape index (κ1) is 8.17. The van der Waals surface area contributed by atoms with Crippen LogP contribution in [0.3, 0.4) is 0 Å². The van der Waals surface area contributed by atoms with Crippen molar-refractivity contribution in [3.8, 4) is 0 Å². The van der Waals surface area contributed by atoms with Crippen LogP contribution >= 0.6 is 0 Å². The van der Waals surface area contributed by atoms with Crippen molar-refractivity contribution in [3.63, 3.8) is 0 Å². The second-order valence-corrected chi connectivity index (χ2v) is 3.65. The Morgan fingerprint density at radius 1 is 1.46 bits per heavy atom. The molecule has 0 bridgehead atoms. The Kier molecular flexibility index (Phi) is 1.76. The quantitative estimate of drug-likeness (QED) is 0.594. The second kappa shape index (κ2) is 2.80. The zero-order chi connectivity index (χ0) is 9.42. The molecule has 1 unspecified atom stereocenters. The topological polar surface area (TPSA) is 46.2 Å². The van der Waals surface area contributed by atoms with E-state index in [0.29, 0.717) is 17.4 Å². The van der Waals surface area contributed by atoms with Crippen molar-refractivity contribution in [2.75, 3.05) is 5.73 Å². The van der Waals surface area contributed by atoms with Crippen LogP contribution in [0, 0.1) is 5.92 Å². The molecule has 0 radical (unpaired) electrons. The molecule has 0 saturated carbocycles. The molecule has 68 valence electrons. The molecule has 13 heavy (non-hydrogen) atoms. The summed E-state index contributed by atoms with van der Waals surface area (Å²) in [5.74, 6) is 0.775. The maximum atomic E-state index is 9.66. The first-order chi connectivity index (χ1) is 6.16. The van der Waals surface area contributed by atoms with Crippen LogP contribution in [0.4, 0.5) is 5.69 Å². The average Bonchev–Trinajstić information content (AvgIpc) is 2.06. The molecule has 0 amide bonds. The number of aliphatic hydroxyl groups is 1. The summed E-state index contributed by atoms with van der Waals surface area (Å²) in [6.07, 6.45) is 2.86. The highest BCUT2D eigenvalue weighted by Crippen LogP contribution is 2.28. The van der Waals surface area contributed by atoms with Crippen molar-refractivity contribution in [1.29, 1.82) is 0 Å². The minimum atomic E-state index is 0.362. The number of hydrogen-bond donors (Lipinski definition) is 2. The van der Waals surface area contributed by atoms with E-state index in [-0.39, 0.29) is 0 Å². The van der Waals surface area contributed by atoms with Gasteiger partial charge in [0.05, 0.1) is 0 Å². The summed E-state index contributed by atoms with van der Waals surface area (Å²) in [5.41, 5.74) is 8.41. The number of nitrogens with two attached hydrogens (primary N) is 1. The molecule has 0 spiro atoms. The number of nitrogen functional groups attached to an aromatic ring is 1. The van der Waals surface area contributed by atoms with Gasteiger partial charge in [0.25, 0.3) is 0 Å². The van der Waals surface area contributed by atoms with Crippen LogP contribution in [0.15, 0.2) is 24.3 Å². The van der Waals surface area contributed by atoms with Gasteiger partial charge in [-0.1, -0.05) is 13.0 Å². The molecule has 0 aliphatic heterocycles. The van der Waals surface area contributed by atoms with Gasteiger partial charge in [-0.15, -0.1) is 0 Å². The number of hydrogen-bond acceptors (Lipinski definition) is 2. The summed E-state index contributed by atoms with van der Waals surface area (Å²) >= 11 is 0. The van der Waals surface area contributed by atoms with Gasteiger partial charge in [-0.05, 0) is 36.1 Å². The summed E-state index contributed by atoms with van der Waals surface area (Å²) in [6.45, 7) is 2.09. The van der Waals surface area contributed by atoms with Gasteiger partial charge < -0.3 is 10.8 Å². The molecule has 3 N–H and O–H groups in total. The molecule has 1 aliphatic rings.